The Hall–Kier alpha value is -2.34. The van der Waals surface area contributed by atoms with Crippen LogP contribution in [0.3, 0.4) is 0 Å². The monoisotopic (exact) mass is 358 g/mol. The molecule has 1 saturated heterocycles. The van der Waals surface area contributed by atoms with Gasteiger partial charge in [-0.3, -0.25) is 4.79 Å². The Morgan fingerprint density at radius 2 is 1.81 bits per heavy atom. The fourth-order valence-electron chi connectivity index (χ4n) is 4.55. The molecule has 4 rings (SSSR count). The van der Waals surface area contributed by atoms with Crippen molar-refractivity contribution in [3.05, 3.63) is 65.5 Å². The Kier molecular flexibility index (Phi) is 4.23. The van der Waals surface area contributed by atoms with Gasteiger partial charge in [-0.1, -0.05) is 24.6 Å². The molecule has 1 aromatic carbocycles. The van der Waals surface area contributed by atoms with E-state index in [0.29, 0.717) is 12.8 Å². The van der Waals surface area contributed by atoms with Gasteiger partial charge in [-0.15, -0.1) is 0 Å². The molecule has 0 unspecified atom stereocenters. The van der Waals surface area contributed by atoms with Gasteiger partial charge in [-0.25, -0.2) is 9.37 Å². The Morgan fingerprint density at radius 1 is 1.12 bits per heavy atom. The number of pyridine rings is 1. The van der Waals surface area contributed by atoms with Crippen molar-refractivity contribution in [1.82, 2.24) is 9.88 Å². The van der Waals surface area contributed by atoms with Gasteiger partial charge >= 0.3 is 0 Å². The summed E-state index contributed by atoms with van der Waals surface area (Å²) in [5.41, 5.74) is -1.11. The highest BCUT2D eigenvalue weighted by molar-refractivity contribution is 5.94. The van der Waals surface area contributed by atoms with Crippen LogP contribution in [-0.4, -0.2) is 34.0 Å². The molecule has 2 bridgehead atoms. The maximum absolute atomic E-state index is 14.3. The van der Waals surface area contributed by atoms with E-state index in [1.165, 1.54) is 18.3 Å². The third kappa shape index (κ3) is 2.60. The van der Waals surface area contributed by atoms with Gasteiger partial charge in [0.15, 0.2) is 0 Å². The number of amides is 1. The minimum Gasteiger partial charge on any atom is -0.384 e. The zero-order valence-corrected chi connectivity index (χ0v) is 14.2. The maximum atomic E-state index is 14.3. The third-order valence-electron chi connectivity index (χ3n) is 5.81. The molecule has 136 valence electrons. The van der Waals surface area contributed by atoms with Gasteiger partial charge in [0.2, 0.25) is 5.95 Å². The van der Waals surface area contributed by atoms with Crippen LogP contribution in [0, 0.1) is 23.6 Å². The van der Waals surface area contributed by atoms with Crippen LogP contribution in [-0.2, 0) is 5.60 Å². The van der Waals surface area contributed by atoms with Crippen molar-refractivity contribution in [3.8, 4) is 0 Å². The SMILES string of the molecule is O=C(c1ccccc1F)N1C[C@H]2CCC[C@H](C1)C2(O)c1cccnc1F. The number of carbonyl (C=O) groups excluding carboxylic acids is 1. The summed E-state index contributed by atoms with van der Waals surface area (Å²) in [6.07, 6.45) is 3.64. The summed E-state index contributed by atoms with van der Waals surface area (Å²) >= 11 is 0. The Labute approximate surface area is 150 Å². The van der Waals surface area contributed by atoms with Crippen LogP contribution in [0.1, 0.15) is 35.2 Å². The Morgan fingerprint density at radius 3 is 2.46 bits per heavy atom. The second-order valence-electron chi connectivity index (χ2n) is 7.18. The highest BCUT2D eigenvalue weighted by atomic mass is 19.1. The fraction of sp³-hybridized carbons (Fsp3) is 0.400. The number of halogens is 2. The Bertz CT molecular complexity index is 828. The lowest BCUT2D eigenvalue weighted by Gasteiger charge is -2.53. The van der Waals surface area contributed by atoms with Gasteiger partial charge < -0.3 is 10.0 Å². The standard InChI is InChI=1S/C20H20F2N2O2/c21-17-9-2-1-7-15(17)19(25)24-11-13-5-3-6-14(12-24)20(13,26)16-8-4-10-23-18(16)22/h1-2,4,7-10,13-14,26H,3,5-6,11-12H2/t13-,14-/m1/s1. The van der Waals surface area contributed by atoms with Crippen LogP contribution in [0.2, 0.25) is 0 Å². The summed E-state index contributed by atoms with van der Waals surface area (Å²) in [6, 6.07) is 9.09. The number of hydrogen-bond acceptors (Lipinski definition) is 3. The number of carbonyl (C=O) groups is 1. The third-order valence-corrected chi connectivity index (χ3v) is 5.81. The number of fused-ring (bicyclic) bond motifs is 2. The van der Waals surface area contributed by atoms with E-state index in [0.717, 1.165) is 6.42 Å². The molecule has 26 heavy (non-hydrogen) atoms. The summed E-state index contributed by atoms with van der Waals surface area (Å²) in [7, 11) is 0. The maximum Gasteiger partial charge on any atom is 0.256 e. The molecule has 2 aliphatic rings. The molecule has 0 radical (unpaired) electrons. The van der Waals surface area contributed by atoms with Crippen molar-refractivity contribution in [2.24, 2.45) is 11.8 Å². The number of aliphatic hydroxyl groups is 1. The van der Waals surface area contributed by atoms with Crippen molar-refractivity contribution < 1.29 is 18.7 Å². The molecule has 1 aliphatic carbocycles. The summed E-state index contributed by atoms with van der Waals surface area (Å²) in [4.78, 5) is 18.1. The summed E-state index contributed by atoms with van der Waals surface area (Å²) < 4.78 is 28.3. The van der Waals surface area contributed by atoms with Crippen molar-refractivity contribution in [2.75, 3.05) is 13.1 Å². The van der Waals surface area contributed by atoms with E-state index in [1.807, 2.05) is 0 Å². The topological polar surface area (TPSA) is 53.4 Å². The molecule has 1 aromatic heterocycles. The van der Waals surface area contributed by atoms with Crippen molar-refractivity contribution in [3.63, 3.8) is 0 Å². The number of likely N-dealkylation sites (tertiary alicyclic amines) is 1. The minimum atomic E-state index is -1.34. The van der Waals surface area contributed by atoms with Crippen LogP contribution in [0.5, 0.6) is 0 Å². The molecule has 1 saturated carbocycles. The smallest absolute Gasteiger partial charge is 0.256 e. The molecule has 2 aromatic rings. The van der Waals surface area contributed by atoms with Crippen LogP contribution in [0.4, 0.5) is 8.78 Å². The first-order chi connectivity index (χ1) is 12.5. The Balaban J connectivity index is 1.66. The van der Waals surface area contributed by atoms with E-state index >= 15 is 0 Å². The molecule has 1 aliphatic heterocycles. The van der Waals surface area contributed by atoms with E-state index in [-0.39, 0.29) is 42.0 Å². The second kappa shape index (κ2) is 6.43. The molecule has 1 amide bonds. The van der Waals surface area contributed by atoms with Crippen LogP contribution in [0.25, 0.3) is 0 Å². The van der Waals surface area contributed by atoms with Crippen LogP contribution >= 0.6 is 0 Å². The first kappa shape index (κ1) is 17.1. The summed E-state index contributed by atoms with van der Waals surface area (Å²) in [5.74, 6) is -2.20. The molecule has 4 nitrogen and oxygen atoms in total. The molecular formula is C20H20F2N2O2. The number of piperidine rings is 1. The van der Waals surface area contributed by atoms with E-state index in [9.17, 15) is 18.7 Å². The van der Waals surface area contributed by atoms with Gasteiger partial charge in [0.25, 0.3) is 5.91 Å². The predicted molar refractivity (Wildman–Crippen MR) is 91.2 cm³/mol. The van der Waals surface area contributed by atoms with Crippen molar-refractivity contribution >= 4 is 5.91 Å². The first-order valence-electron chi connectivity index (χ1n) is 8.89. The van der Waals surface area contributed by atoms with E-state index in [4.69, 9.17) is 0 Å². The van der Waals surface area contributed by atoms with E-state index < -0.39 is 17.4 Å². The van der Waals surface area contributed by atoms with Gasteiger partial charge in [-0.05, 0) is 31.0 Å². The average molecular weight is 358 g/mol. The van der Waals surface area contributed by atoms with Crippen LogP contribution in [0.15, 0.2) is 42.6 Å². The quantitative estimate of drug-likeness (QED) is 0.840. The summed E-state index contributed by atoms with van der Waals surface area (Å²) in [5, 5.41) is 11.4. The number of nitrogens with zero attached hydrogens (tertiary/aromatic N) is 2. The average Bonchev–Trinajstić information content (AvgIpc) is 2.61. The molecule has 1 N–H and O–H groups in total. The number of rotatable bonds is 2. The fourth-order valence-corrected chi connectivity index (χ4v) is 4.55. The second-order valence-corrected chi connectivity index (χ2v) is 7.18. The molecule has 2 atom stereocenters. The number of benzene rings is 1. The zero-order valence-electron chi connectivity index (χ0n) is 14.2. The highest BCUT2D eigenvalue weighted by Crippen LogP contribution is 2.49. The highest BCUT2D eigenvalue weighted by Gasteiger charge is 2.53. The van der Waals surface area contributed by atoms with E-state index in [2.05, 4.69) is 4.98 Å². The molecular weight excluding hydrogens is 338 g/mol. The zero-order chi connectivity index (χ0) is 18.3. The van der Waals surface area contributed by atoms with Gasteiger partial charge in [0.1, 0.15) is 11.4 Å². The van der Waals surface area contributed by atoms with Gasteiger partial charge in [0.05, 0.1) is 5.56 Å². The molecule has 0 spiro atoms. The number of hydrogen-bond donors (Lipinski definition) is 1. The van der Waals surface area contributed by atoms with Crippen LogP contribution < -0.4 is 0 Å². The predicted octanol–water partition coefficient (Wildman–Crippen LogP) is 3.12. The number of aromatic nitrogens is 1. The largest absolute Gasteiger partial charge is 0.384 e. The van der Waals surface area contributed by atoms with E-state index in [1.54, 1.807) is 29.2 Å². The van der Waals surface area contributed by atoms with Crippen molar-refractivity contribution in [1.29, 1.82) is 0 Å². The minimum absolute atomic E-state index is 0.0311. The summed E-state index contributed by atoms with van der Waals surface area (Å²) in [6.45, 7) is 0.545. The molecule has 2 fully saturated rings. The molecule has 6 heteroatoms. The van der Waals surface area contributed by atoms with Crippen molar-refractivity contribution in [2.45, 2.75) is 24.9 Å². The lowest BCUT2D eigenvalue weighted by atomic mass is 9.62. The first-order valence-corrected chi connectivity index (χ1v) is 8.89. The molecule has 2 heterocycles. The lowest BCUT2D eigenvalue weighted by Crippen LogP contribution is -2.59. The van der Waals surface area contributed by atoms with Gasteiger partial charge in [-0.2, -0.15) is 4.39 Å². The van der Waals surface area contributed by atoms with Gasteiger partial charge in [0, 0.05) is 36.7 Å². The normalized spacial score (nSPS) is 28.0. The lowest BCUT2D eigenvalue weighted by molar-refractivity contribution is -0.141.